The van der Waals surface area contributed by atoms with Gasteiger partial charge < -0.3 is 19.5 Å². The van der Waals surface area contributed by atoms with E-state index in [0.717, 1.165) is 32.4 Å². The Labute approximate surface area is 154 Å². The Morgan fingerprint density at radius 2 is 1.92 bits per heavy atom. The summed E-state index contributed by atoms with van der Waals surface area (Å²) in [6.45, 7) is 4.21. The molecule has 6 nitrogen and oxygen atoms in total. The largest absolute Gasteiger partial charge is 0.459 e. The number of nitrogens with one attached hydrogen (secondary N) is 1. The van der Waals surface area contributed by atoms with Gasteiger partial charge in [0.1, 0.15) is 0 Å². The Hall–Kier alpha value is -1.53. The van der Waals surface area contributed by atoms with Crippen LogP contribution in [-0.4, -0.2) is 60.9 Å². The Morgan fingerprint density at radius 3 is 2.64 bits per heavy atom. The van der Waals surface area contributed by atoms with Crippen molar-refractivity contribution in [3.8, 4) is 0 Å². The number of fused-ring (bicyclic) bond motifs is 1. The molecule has 0 spiro atoms. The lowest BCUT2D eigenvalue weighted by Gasteiger charge is -2.43. The van der Waals surface area contributed by atoms with E-state index in [4.69, 9.17) is 4.42 Å². The van der Waals surface area contributed by atoms with Crippen LogP contribution in [-0.2, 0) is 4.79 Å². The third-order valence-corrected chi connectivity index (χ3v) is 6.05. The van der Waals surface area contributed by atoms with Crippen molar-refractivity contribution in [3.63, 3.8) is 0 Å². The predicted octanol–water partition coefficient (Wildman–Crippen LogP) is 1.77. The summed E-state index contributed by atoms with van der Waals surface area (Å²) in [5.74, 6) is 1.09. The summed E-state index contributed by atoms with van der Waals surface area (Å²) in [7, 11) is 0. The average Bonchev–Trinajstić information content (AvgIpc) is 3.30. The first-order chi connectivity index (χ1) is 11.7. The average molecular weight is 368 g/mol. The van der Waals surface area contributed by atoms with E-state index in [1.807, 2.05) is 4.90 Å². The van der Waals surface area contributed by atoms with Crippen molar-refractivity contribution in [1.29, 1.82) is 0 Å². The summed E-state index contributed by atoms with van der Waals surface area (Å²) < 4.78 is 5.19. The lowest BCUT2D eigenvalue weighted by atomic mass is 9.67. The molecule has 3 aliphatic rings. The molecule has 0 aromatic carbocycles. The van der Waals surface area contributed by atoms with E-state index in [9.17, 15) is 9.59 Å². The molecule has 0 bridgehead atoms. The first-order valence-corrected chi connectivity index (χ1v) is 9.03. The quantitative estimate of drug-likeness (QED) is 0.865. The molecule has 2 aliphatic heterocycles. The lowest BCUT2D eigenvalue weighted by Crippen LogP contribution is -2.56. The van der Waals surface area contributed by atoms with Crippen molar-refractivity contribution in [2.24, 2.45) is 11.3 Å². The SMILES string of the molecule is Cl.O=C(c1ccco1)N1CCN(C(=O)[C@@]23CCCC[C@H]2CNC3)CC1. The van der Waals surface area contributed by atoms with Crippen LogP contribution in [0.25, 0.3) is 0 Å². The number of rotatable bonds is 2. The minimum atomic E-state index is -0.189. The van der Waals surface area contributed by atoms with Crippen LogP contribution in [0.2, 0.25) is 0 Å². The van der Waals surface area contributed by atoms with Crippen LogP contribution in [0.4, 0.5) is 0 Å². The molecular weight excluding hydrogens is 342 g/mol. The van der Waals surface area contributed by atoms with Crippen LogP contribution in [0.15, 0.2) is 22.8 Å². The fraction of sp³-hybridized carbons (Fsp3) is 0.667. The van der Waals surface area contributed by atoms with E-state index in [2.05, 4.69) is 5.32 Å². The molecule has 3 heterocycles. The topological polar surface area (TPSA) is 65.8 Å². The molecule has 1 aliphatic carbocycles. The van der Waals surface area contributed by atoms with Crippen molar-refractivity contribution in [2.45, 2.75) is 25.7 Å². The lowest BCUT2D eigenvalue weighted by molar-refractivity contribution is -0.147. The van der Waals surface area contributed by atoms with Gasteiger partial charge in [-0.2, -0.15) is 0 Å². The van der Waals surface area contributed by atoms with Gasteiger partial charge in [0.15, 0.2) is 5.76 Å². The Morgan fingerprint density at radius 1 is 1.16 bits per heavy atom. The molecule has 0 unspecified atom stereocenters. The number of furan rings is 1. The van der Waals surface area contributed by atoms with Crippen LogP contribution in [0.1, 0.15) is 36.2 Å². The van der Waals surface area contributed by atoms with Gasteiger partial charge in [0.2, 0.25) is 5.91 Å². The summed E-state index contributed by atoms with van der Waals surface area (Å²) in [5, 5.41) is 3.45. The highest BCUT2D eigenvalue weighted by Crippen LogP contribution is 2.45. The molecule has 1 N–H and O–H groups in total. The first kappa shape index (κ1) is 18.3. The third-order valence-electron chi connectivity index (χ3n) is 6.05. The molecule has 2 amide bonds. The van der Waals surface area contributed by atoms with E-state index in [0.29, 0.717) is 43.8 Å². The maximum atomic E-state index is 13.2. The third kappa shape index (κ3) is 3.17. The van der Waals surface area contributed by atoms with Gasteiger partial charge in [-0.05, 0) is 37.4 Å². The molecule has 3 fully saturated rings. The van der Waals surface area contributed by atoms with Gasteiger partial charge in [-0.15, -0.1) is 12.4 Å². The van der Waals surface area contributed by atoms with Gasteiger partial charge in [-0.1, -0.05) is 12.8 Å². The van der Waals surface area contributed by atoms with Gasteiger partial charge in [-0.25, -0.2) is 0 Å². The van der Waals surface area contributed by atoms with Crippen LogP contribution < -0.4 is 5.32 Å². The molecule has 138 valence electrons. The monoisotopic (exact) mass is 367 g/mol. The number of hydrogen-bond donors (Lipinski definition) is 1. The van der Waals surface area contributed by atoms with Crippen molar-refractivity contribution < 1.29 is 14.0 Å². The summed E-state index contributed by atoms with van der Waals surface area (Å²) >= 11 is 0. The number of hydrogen-bond acceptors (Lipinski definition) is 4. The van der Waals surface area contributed by atoms with Crippen molar-refractivity contribution >= 4 is 24.2 Å². The zero-order valence-electron chi connectivity index (χ0n) is 14.4. The molecule has 2 atom stereocenters. The van der Waals surface area contributed by atoms with Crippen LogP contribution in [0, 0.1) is 11.3 Å². The number of piperazine rings is 1. The second kappa shape index (κ2) is 7.38. The smallest absolute Gasteiger partial charge is 0.289 e. The number of halogens is 1. The van der Waals surface area contributed by atoms with Crippen molar-refractivity contribution in [3.05, 3.63) is 24.2 Å². The highest BCUT2D eigenvalue weighted by molar-refractivity contribution is 5.91. The standard InChI is InChI=1S/C18H25N3O3.ClH/c22-16(15-5-3-11-24-15)20-7-9-21(10-8-20)17(23)18-6-2-1-4-14(18)12-19-13-18;/h3,5,11,14,19H,1-2,4,6-10,12-13H2;1H/t14-,18+;/m0./s1. The van der Waals surface area contributed by atoms with E-state index in [1.54, 1.807) is 17.0 Å². The predicted molar refractivity (Wildman–Crippen MR) is 95.7 cm³/mol. The number of amides is 2. The van der Waals surface area contributed by atoms with E-state index < -0.39 is 0 Å². The normalized spacial score (nSPS) is 29.0. The number of carbonyl (C=O) groups excluding carboxylic acids is 2. The molecule has 25 heavy (non-hydrogen) atoms. The van der Waals surface area contributed by atoms with Gasteiger partial charge in [-0.3, -0.25) is 9.59 Å². The molecular formula is C18H26ClN3O3. The Balaban J connectivity index is 0.00000182. The van der Waals surface area contributed by atoms with Gasteiger partial charge in [0.25, 0.3) is 5.91 Å². The minimum absolute atomic E-state index is 0. The zero-order valence-corrected chi connectivity index (χ0v) is 15.2. The highest BCUT2D eigenvalue weighted by Gasteiger charge is 2.51. The molecule has 7 heteroatoms. The van der Waals surface area contributed by atoms with Crippen LogP contribution in [0.5, 0.6) is 0 Å². The minimum Gasteiger partial charge on any atom is -0.459 e. The molecule has 0 radical (unpaired) electrons. The van der Waals surface area contributed by atoms with Gasteiger partial charge in [0, 0.05) is 32.7 Å². The van der Waals surface area contributed by atoms with Crippen molar-refractivity contribution in [2.75, 3.05) is 39.3 Å². The van der Waals surface area contributed by atoms with E-state index in [-0.39, 0.29) is 23.7 Å². The highest BCUT2D eigenvalue weighted by atomic mass is 35.5. The zero-order chi connectivity index (χ0) is 16.6. The molecule has 1 aromatic rings. The van der Waals surface area contributed by atoms with E-state index in [1.165, 1.54) is 12.7 Å². The summed E-state index contributed by atoms with van der Waals surface area (Å²) in [6.07, 6.45) is 6.08. The summed E-state index contributed by atoms with van der Waals surface area (Å²) in [6, 6.07) is 3.41. The summed E-state index contributed by atoms with van der Waals surface area (Å²) in [4.78, 5) is 29.3. The number of carbonyl (C=O) groups is 2. The first-order valence-electron chi connectivity index (χ1n) is 9.03. The summed E-state index contributed by atoms with van der Waals surface area (Å²) in [5.41, 5.74) is -0.189. The fourth-order valence-electron chi connectivity index (χ4n) is 4.65. The van der Waals surface area contributed by atoms with Crippen molar-refractivity contribution in [1.82, 2.24) is 15.1 Å². The molecule has 1 aromatic heterocycles. The van der Waals surface area contributed by atoms with Gasteiger partial charge >= 0.3 is 0 Å². The molecule has 4 rings (SSSR count). The second-order valence-corrected chi connectivity index (χ2v) is 7.29. The van der Waals surface area contributed by atoms with E-state index >= 15 is 0 Å². The fourth-order valence-corrected chi connectivity index (χ4v) is 4.65. The second-order valence-electron chi connectivity index (χ2n) is 7.29. The Bertz CT molecular complexity index is 613. The number of nitrogens with zero attached hydrogens (tertiary/aromatic N) is 2. The van der Waals surface area contributed by atoms with Gasteiger partial charge in [0.05, 0.1) is 11.7 Å². The maximum absolute atomic E-state index is 13.2. The Kier molecular flexibility index (Phi) is 5.39. The maximum Gasteiger partial charge on any atom is 0.289 e. The van der Waals surface area contributed by atoms with Crippen LogP contribution >= 0.6 is 12.4 Å². The van der Waals surface area contributed by atoms with Crippen LogP contribution in [0.3, 0.4) is 0 Å². The molecule has 1 saturated carbocycles. The molecule has 2 saturated heterocycles.